The molecule has 0 aliphatic carbocycles. The first-order chi connectivity index (χ1) is 11.6. The third-order valence-corrected chi connectivity index (χ3v) is 4.64. The molecule has 24 heavy (non-hydrogen) atoms. The summed E-state index contributed by atoms with van der Waals surface area (Å²) in [6, 6.07) is 14.2. The fourth-order valence-corrected chi connectivity index (χ4v) is 3.21. The molecule has 0 amide bonds. The highest BCUT2D eigenvalue weighted by atomic mass is 16.7. The standard InChI is InChI=1S/C20H19NO3/c1-20(2,14-5-4-6-15(10-14)22-3)19-16-11-18-17(23-12-24-18)9-13(16)7-8-21-19/h4-11H,12H2,1-3H3. The van der Waals surface area contributed by atoms with E-state index in [1.807, 2.05) is 36.5 Å². The third-order valence-electron chi connectivity index (χ3n) is 4.64. The maximum absolute atomic E-state index is 5.55. The monoisotopic (exact) mass is 321 g/mol. The molecule has 4 heteroatoms. The lowest BCUT2D eigenvalue weighted by Gasteiger charge is -2.26. The second-order valence-corrected chi connectivity index (χ2v) is 6.44. The Morgan fingerprint density at radius 2 is 1.83 bits per heavy atom. The molecule has 0 bridgehead atoms. The van der Waals surface area contributed by atoms with Crippen LogP contribution in [0, 0.1) is 0 Å². The van der Waals surface area contributed by atoms with Crippen LogP contribution in [0.2, 0.25) is 0 Å². The van der Waals surface area contributed by atoms with E-state index in [4.69, 9.17) is 19.2 Å². The Balaban J connectivity index is 1.91. The van der Waals surface area contributed by atoms with Gasteiger partial charge in [-0.25, -0.2) is 0 Å². The average Bonchev–Trinajstić information content (AvgIpc) is 3.06. The zero-order valence-corrected chi connectivity index (χ0v) is 14.0. The van der Waals surface area contributed by atoms with Gasteiger partial charge in [-0.2, -0.15) is 0 Å². The molecule has 2 aromatic carbocycles. The van der Waals surface area contributed by atoms with Crippen molar-refractivity contribution in [1.29, 1.82) is 0 Å². The van der Waals surface area contributed by atoms with Crippen molar-refractivity contribution in [3.63, 3.8) is 0 Å². The fraction of sp³-hybridized carbons (Fsp3) is 0.250. The van der Waals surface area contributed by atoms with Gasteiger partial charge in [0.1, 0.15) is 5.75 Å². The zero-order chi connectivity index (χ0) is 16.7. The summed E-state index contributed by atoms with van der Waals surface area (Å²) in [6.07, 6.45) is 1.85. The zero-order valence-electron chi connectivity index (χ0n) is 14.0. The molecule has 1 aromatic heterocycles. The molecule has 122 valence electrons. The summed E-state index contributed by atoms with van der Waals surface area (Å²) < 4.78 is 16.4. The average molecular weight is 321 g/mol. The lowest BCUT2D eigenvalue weighted by Crippen LogP contribution is -2.21. The summed E-state index contributed by atoms with van der Waals surface area (Å²) in [5.74, 6) is 2.41. The van der Waals surface area contributed by atoms with E-state index >= 15 is 0 Å². The molecular formula is C20H19NO3. The van der Waals surface area contributed by atoms with E-state index in [1.165, 1.54) is 0 Å². The maximum atomic E-state index is 5.55. The van der Waals surface area contributed by atoms with Crippen LogP contribution >= 0.6 is 0 Å². The molecule has 0 atom stereocenters. The molecule has 0 saturated heterocycles. The predicted octanol–water partition coefficient (Wildman–Crippen LogP) is 4.30. The van der Waals surface area contributed by atoms with Gasteiger partial charge in [-0.1, -0.05) is 26.0 Å². The van der Waals surface area contributed by atoms with Gasteiger partial charge in [0.15, 0.2) is 11.5 Å². The SMILES string of the molecule is COc1cccc(C(C)(C)c2nccc3cc4c(cc23)OCO4)c1. The summed E-state index contributed by atoms with van der Waals surface area (Å²) in [7, 11) is 1.68. The molecule has 0 fully saturated rings. The van der Waals surface area contributed by atoms with Crippen molar-refractivity contribution in [2.24, 2.45) is 0 Å². The van der Waals surface area contributed by atoms with Crippen LogP contribution in [0.15, 0.2) is 48.7 Å². The number of fused-ring (bicyclic) bond motifs is 2. The summed E-state index contributed by atoms with van der Waals surface area (Å²) in [5.41, 5.74) is 1.88. The third kappa shape index (κ3) is 2.26. The van der Waals surface area contributed by atoms with Crippen LogP contribution in [-0.2, 0) is 5.41 Å². The molecule has 1 aliphatic rings. The molecule has 0 saturated carbocycles. The van der Waals surface area contributed by atoms with Crippen LogP contribution in [0.1, 0.15) is 25.1 Å². The maximum Gasteiger partial charge on any atom is 0.231 e. The Bertz CT molecular complexity index is 918. The number of nitrogens with zero attached hydrogens (tertiary/aromatic N) is 1. The number of aromatic nitrogens is 1. The van der Waals surface area contributed by atoms with E-state index in [-0.39, 0.29) is 12.2 Å². The van der Waals surface area contributed by atoms with E-state index in [2.05, 4.69) is 26.0 Å². The lowest BCUT2D eigenvalue weighted by atomic mass is 9.79. The van der Waals surface area contributed by atoms with Gasteiger partial charge < -0.3 is 14.2 Å². The molecule has 4 rings (SSSR count). The van der Waals surface area contributed by atoms with E-state index in [1.54, 1.807) is 7.11 Å². The Hall–Kier alpha value is -2.75. The molecule has 0 unspecified atom stereocenters. The molecule has 1 aliphatic heterocycles. The van der Waals surface area contributed by atoms with Crippen molar-refractivity contribution in [2.45, 2.75) is 19.3 Å². The number of hydrogen-bond acceptors (Lipinski definition) is 4. The Morgan fingerprint density at radius 1 is 1.04 bits per heavy atom. The highest BCUT2D eigenvalue weighted by Crippen LogP contribution is 2.41. The van der Waals surface area contributed by atoms with E-state index < -0.39 is 0 Å². The normalized spacial score (nSPS) is 13.3. The second-order valence-electron chi connectivity index (χ2n) is 6.44. The highest BCUT2D eigenvalue weighted by Gasteiger charge is 2.28. The molecule has 3 aromatic rings. The molecular weight excluding hydrogens is 302 g/mol. The van der Waals surface area contributed by atoms with Gasteiger partial charge in [0, 0.05) is 17.0 Å². The number of hydrogen-bond donors (Lipinski definition) is 0. The molecule has 4 nitrogen and oxygen atoms in total. The second kappa shape index (κ2) is 5.41. The summed E-state index contributed by atoms with van der Waals surface area (Å²) in [6.45, 7) is 4.62. The van der Waals surface area contributed by atoms with Gasteiger partial charge in [0.25, 0.3) is 0 Å². The van der Waals surface area contributed by atoms with Crippen molar-refractivity contribution < 1.29 is 14.2 Å². The molecule has 0 spiro atoms. The quantitative estimate of drug-likeness (QED) is 0.721. The van der Waals surface area contributed by atoms with Crippen molar-refractivity contribution in [2.75, 3.05) is 13.9 Å². The first kappa shape index (κ1) is 14.8. The fourth-order valence-electron chi connectivity index (χ4n) is 3.21. The number of rotatable bonds is 3. The highest BCUT2D eigenvalue weighted by molar-refractivity contribution is 5.89. The topological polar surface area (TPSA) is 40.6 Å². The van der Waals surface area contributed by atoms with Crippen LogP contribution in [-0.4, -0.2) is 18.9 Å². The molecule has 0 radical (unpaired) electrons. The molecule has 2 heterocycles. The van der Waals surface area contributed by atoms with Gasteiger partial charge >= 0.3 is 0 Å². The van der Waals surface area contributed by atoms with Crippen molar-refractivity contribution >= 4 is 10.8 Å². The minimum absolute atomic E-state index is 0.272. The Morgan fingerprint density at radius 3 is 2.62 bits per heavy atom. The van der Waals surface area contributed by atoms with Crippen LogP contribution in [0.3, 0.4) is 0 Å². The first-order valence-corrected chi connectivity index (χ1v) is 7.93. The number of ether oxygens (including phenoxy) is 3. The van der Waals surface area contributed by atoms with Gasteiger partial charge in [-0.15, -0.1) is 0 Å². The number of methoxy groups -OCH3 is 1. The molecule has 0 N–H and O–H groups in total. The minimum atomic E-state index is -0.276. The lowest BCUT2D eigenvalue weighted by molar-refractivity contribution is 0.174. The van der Waals surface area contributed by atoms with Crippen molar-refractivity contribution in [3.05, 3.63) is 59.9 Å². The van der Waals surface area contributed by atoms with Gasteiger partial charge in [-0.3, -0.25) is 4.98 Å². The van der Waals surface area contributed by atoms with E-state index in [0.717, 1.165) is 39.3 Å². The van der Waals surface area contributed by atoms with Crippen LogP contribution in [0.25, 0.3) is 10.8 Å². The Labute approximate surface area is 141 Å². The first-order valence-electron chi connectivity index (χ1n) is 7.93. The largest absolute Gasteiger partial charge is 0.497 e. The van der Waals surface area contributed by atoms with Gasteiger partial charge in [-0.05, 0) is 41.3 Å². The number of pyridine rings is 1. The summed E-state index contributed by atoms with van der Waals surface area (Å²) in [5, 5.41) is 2.18. The predicted molar refractivity (Wildman–Crippen MR) is 93.0 cm³/mol. The van der Waals surface area contributed by atoms with Gasteiger partial charge in [0.2, 0.25) is 6.79 Å². The Kier molecular flexibility index (Phi) is 3.34. The van der Waals surface area contributed by atoms with Crippen LogP contribution in [0.5, 0.6) is 17.2 Å². The smallest absolute Gasteiger partial charge is 0.231 e. The van der Waals surface area contributed by atoms with Crippen LogP contribution < -0.4 is 14.2 Å². The summed E-state index contributed by atoms with van der Waals surface area (Å²) >= 11 is 0. The van der Waals surface area contributed by atoms with Crippen molar-refractivity contribution in [3.8, 4) is 17.2 Å². The van der Waals surface area contributed by atoms with E-state index in [0.29, 0.717) is 0 Å². The van der Waals surface area contributed by atoms with Crippen molar-refractivity contribution in [1.82, 2.24) is 4.98 Å². The number of benzene rings is 2. The van der Waals surface area contributed by atoms with Crippen LogP contribution in [0.4, 0.5) is 0 Å². The van der Waals surface area contributed by atoms with E-state index in [9.17, 15) is 0 Å². The summed E-state index contributed by atoms with van der Waals surface area (Å²) in [4.78, 5) is 4.70. The van der Waals surface area contributed by atoms with Gasteiger partial charge in [0.05, 0.1) is 12.8 Å². The minimum Gasteiger partial charge on any atom is -0.497 e.